The van der Waals surface area contributed by atoms with Gasteiger partial charge in [0.2, 0.25) is 11.6 Å². The van der Waals surface area contributed by atoms with Crippen molar-refractivity contribution in [2.75, 3.05) is 13.2 Å². The summed E-state index contributed by atoms with van der Waals surface area (Å²) in [4.78, 5) is 0. The summed E-state index contributed by atoms with van der Waals surface area (Å²) in [7, 11) is 0. The maximum Gasteiger partial charge on any atom is 0.224 e. The third kappa shape index (κ3) is 5.13. The van der Waals surface area contributed by atoms with E-state index in [1.165, 1.54) is 0 Å². The number of rotatable bonds is 14. The van der Waals surface area contributed by atoms with Crippen molar-refractivity contribution >= 4 is 0 Å². The first kappa shape index (κ1) is 40.4. The molecule has 0 amide bonds. The van der Waals surface area contributed by atoms with Gasteiger partial charge in [-0.25, -0.2) is 0 Å². The summed E-state index contributed by atoms with van der Waals surface area (Å²) in [5.41, 5.74) is -10.2. The van der Waals surface area contributed by atoms with Crippen molar-refractivity contribution in [3.8, 4) is 0 Å². The van der Waals surface area contributed by atoms with Gasteiger partial charge in [-0.15, -0.1) is 0 Å². The highest BCUT2D eigenvalue weighted by atomic mass is 16.8. The van der Waals surface area contributed by atoms with Crippen LogP contribution in [0, 0.1) is 0 Å². The molecule has 10 atom stereocenters. The van der Waals surface area contributed by atoms with E-state index in [0.717, 1.165) is 0 Å². The van der Waals surface area contributed by atoms with Gasteiger partial charge in [-0.3, -0.25) is 0 Å². The number of aliphatic hydroxyl groups is 8. The highest BCUT2D eigenvalue weighted by Gasteiger charge is 2.86. The molecule has 0 spiro atoms. The molecule has 3 aromatic carbocycles. The molecule has 2 aliphatic heterocycles. The number of aliphatic hydroxyl groups excluding tert-OH is 5. The van der Waals surface area contributed by atoms with E-state index < -0.39 is 77.0 Å². The average Bonchev–Trinajstić information content (AvgIpc) is 3.44. The molecule has 0 saturated carbocycles. The summed E-state index contributed by atoms with van der Waals surface area (Å²) in [6.07, 6.45) is -7.56. The van der Waals surface area contributed by atoms with Crippen molar-refractivity contribution in [1.82, 2.24) is 0 Å². The van der Waals surface area contributed by atoms with Crippen LogP contribution in [0.1, 0.15) is 83.4 Å². The summed E-state index contributed by atoms with van der Waals surface area (Å²) in [6.45, 7) is 6.37. The Morgan fingerprint density at radius 3 is 1.44 bits per heavy atom. The summed E-state index contributed by atoms with van der Waals surface area (Å²) >= 11 is 0. The second-order valence-corrected chi connectivity index (χ2v) is 14.2. The Morgan fingerprint density at radius 1 is 0.673 bits per heavy atom. The molecule has 0 aliphatic carbocycles. The van der Waals surface area contributed by atoms with Crippen LogP contribution in [-0.2, 0) is 19.6 Å². The molecular weight excluding hydrogens is 668 g/mol. The van der Waals surface area contributed by atoms with E-state index in [9.17, 15) is 40.9 Å². The van der Waals surface area contributed by atoms with Gasteiger partial charge in [-0.05, 0) is 48.8 Å². The standard InChI is InChI=1S/C41H56O11/c1-6-32(44)35(7-2)37(47,8-3)38(48,9-4)39(49,10-5)41(51-35,52-36(27-43)34(46)33(45)31(26-42)50-36)40(28-20-14-11-15-21-28,29-22-16-12-17-23-29)30-24-18-13-19-25-30/h11-25,31-34,42-49H,6-10,26-27H2,1-5H3/t31-,32?,33-,34+,35-,36?,37-,38+,39-,41-/m1/s1. The first-order valence-corrected chi connectivity index (χ1v) is 18.4. The van der Waals surface area contributed by atoms with E-state index in [-0.39, 0.29) is 32.1 Å². The topological polar surface area (TPSA) is 190 Å². The van der Waals surface area contributed by atoms with Crippen LogP contribution in [0.5, 0.6) is 0 Å². The van der Waals surface area contributed by atoms with Gasteiger partial charge >= 0.3 is 0 Å². The van der Waals surface area contributed by atoms with Crippen LogP contribution in [0.15, 0.2) is 91.0 Å². The highest BCUT2D eigenvalue weighted by Crippen LogP contribution is 2.68. The Balaban J connectivity index is 2.14. The van der Waals surface area contributed by atoms with Crippen LogP contribution in [0.4, 0.5) is 0 Å². The Bertz CT molecular complexity index is 1510. The van der Waals surface area contributed by atoms with Crippen molar-refractivity contribution in [3.05, 3.63) is 108 Å². The maximum atomic E-state index is 14.0. The summed E-state index contributed by atoms with van der Waals surface area (Å²) < 4.78 is 20.7. The number of hydrogen-bond acceptors (Lipinski definition) is 11. The lowest BCUT2D eigenvalue weighted by molar-refractivity contribution is -0.523. The highest BCUT2D eigenvalue weighted by molar-refractivity contribution is 5.56. The van der Waals surface area contributed by atoms with Crippen LogP contribution in [0.25, 0.3) is 0 Å². The van der Waals surface area contributed by atoms with Gasteiger partial charge in [0, 0.05) is 0 Å². The molecule has 2 unspecified atom stereocenters. The Labute approximate surface area is 306 Å². The zero-order valence-electron chi connectivity index (χ0n) is 30.7. The summed E-state index contributed by atoms with van der Waals surface area (Å²) in [6, 6.07) is 26.9. The number of ether oxygens (including phenoxy) is 3. The minimum atomic E-state index is -2.76. The lowest BCUT2D eigenvalue weighted by atomic mass is 9.47. The first-order chi connectivity index (χ1) is 24.8. The van der Waals surface area contributed by atoms with Crippen LogP contribution in [0.2, 0.25) is 0 Å². The van der Waals surface area contributed by atoms with Gasteiger partial charge in [0.1, 0.15) is 47.1 Å². The minimum absolute atomic E-state index is 0.0428. The summed E-state index contributed by atoms with van der Waals surface area (Å²) in [5.74, 6) is -5.36. The van der Waals surface area contributed by atoms with Crippen molar-refractivity contribution in [2.45, 2.75) is 131 Å². The Morgan fingerprint density at radius 2 is 1.12 bits per heavy atom. The van der Waals surface area contributed by atoms with Gasteiger partial charge in [0.15, 0.2) is 5.60 Å². The molecule has 5 rings (SSSR count). The smallest absolute Gasteiger partial charge is 0.224 e. The van der Waals surface area contributed by atoms with E-state index in [2.05, 4.69) is 0 Å². The fourth-order valence-corrected chi connectivity index (χ4v) is 9.56. The molecular formula is C41H56O11. The molecule has 11 nitrogen and oxygen atoms in total. The lowest BCUT2D eigenvalue weighted by Gasteiger charge is -2.73. The fraction of sp³-hybridized carbons (Fsp3) is 0.561. The van der Waals surface area contributed by atoms with E-state index in [1.807, 2.05) is 18.2 Å². The molecule has 8 N–H and O–H groups in total. The molecule has 11 heteroatoms. The quantitative estimate of drug-likeness (QED) is 0.114. The lowest BCUT2D eigenvalue weighted by Crippen LogP contribution is -2.92. The zero-order chi connectivity index (χ0) is 38.2. The maximum absolute atomic E-state index is 14.0. The van der Waals surface area contributed by atoms with Gasteiger partial charge < -0.3 is 55.1 Å². The average molecular weight is 725 g/mol. The van der Waals surface area contributed by atoms with Crippen molar-refractivity contribution in [1.29, 1.82) is 0 Å². The van der Waals surface area contributed by atoms with Gasteiger partial charge in [0.05, 0.1) is 12.7 Å². The third-order valence-electron chi connectivity index (χ3n) is 12.3. The van der Waals surface area contributed by atoms with Crippen LogP contribution in [0.3, 0.4) is 0 Å². The number of benzene rings is 3. The number of hydrogen-bond donors (Lipinski definition) is 8. The largest absolute Gasteiger partial charge is 0.394 e. The van der Waals surface area contributed by atoms with Crippen molar-refractivity contribution in [3.63, 3.8) is 0 Å². The molecule has 0 radical (unpaired) electrons. The molecule has 286 valence electrons. The van der Waals surface area contributed by atoms with Crippen LogP contribution >= 0.6 is 0 Å². The molecule has 2 aliphatic rings. The van der Waals surface area contributed by atoms with Crippen LogP contribution < -0.4 is 0 Å². The van der Waals surface area contributed by atoms with E-state index in [4.69, 9.17) is 14.2 Å². The fourth-order valence-electron chi connectivity index (χ4n) is 9.56. The minimum Gasteiger partial charge on any atom is -0.394 e. The van der Waals surface area contributed by atoms with Gasteiger partial charge in [-0.2, -0.15) is 0 Å². The third-order valence-corrected chi connectivity index (χ3v) is 12.3. The predicted octanol–water partition coefficient (Wildman–Crippen LogP) is 2.91. The SMILES string of the molecule is CCC(O)[C@@]1(CC)O[C@](OC2(CO)O[C@H](CO)[C@@H](O)[C@@H]2O)(C(c2ccccc2)(c2ccccc2)c2ccccc2)[C@@](O)(CC)[C@](O)(CC)[C@@]1(O)CC. The first-order valence-electron chi connectivity index (χ1n) is 18.4. The van der Waals surface area contributed by atoms with E-state index in [0.29, 0.717) is 16.7 Å². The van der Waals surface area contributed by atoms with E-state index in [1.54, 1.807) is 107 Å². The second-order valence-electron chi connectivity index (χ2n) is 14.2. The Hall–Kier alpha value is -2.78. The zero-order valence-corrected chi connectivity index (χ0v) is 30.7. The van der Waals surface area contributed by atoms with Gasteiger partial charge in [-0.1, -0.05) is 126 Å². The molecule has 52 heavy (non-hydrogen) atoms. The van der Waals surface area contributed by atoms with E-state index >= 15 is 0 Å². The molecule has 3 aromatic rings. The second kappa shape index (κ2) is 14.8. The molecule has 2 heterocycles. The van der Waals surface area contributed by atoms with Crippen molar-refractivity contribution < 1.29 is 55.1 Å². The molecule has 0 aromatic heterocycles. The molecule has 2 saturated heterocycles. The molecule has 0 bridgehead atoms. The normalized spacial score (nSPS) is 37.2. The molecule has 2 fully saturated rings. The van der Waals surface area contributed by atoms with Crippen molar-refractivity contribution in [2.24, 2.45) is 0 Å². The summed E-state index contributed by atoms with van der Waals surface area (Å²) in [5, 5.41) is 97.2. The predicted molar refractivity (Wildman–Crippen MR) is 193 cm³/mol. The Kier molecular flexibility index (Phi) is 11.5. The monoisotopic (exact) mass is 724 g/mol. The van der Waals surface area contributed by atoms with Crippen LogP contribution in [-0.4, -0.2) is 112 Å². The van der Waals surface area contributed by atoms with Gasteiger partial charge in [0.25, 0.3) is 0 Å².